The second-order valence-corrected chi connectivity index (χ2v) is 5.48. The number of Topliss-reactive ketones (excluding diaryl/α,β-unsaturated/α-hetero) is 1. The van der Waals surface area contributed by atoms with Crippen molar-refractivity contribution < 1.29 is 18.9 Å². The van der Waals surface area contributed by atoms with Gasteiger partial charge < -0.3 is 15.0 Å². The van der Waals surface area contributed by atoms with Crippen LogP contribution < -0.4 is 10.3 Å². The first-order valence-electron chi connectivity index (χ1n) is 7.41. The molecule has 23 heavy (non-hydrogen) atoms. The van der Waals surface area contributed by atoms with E-state index in [9.17, 15) is 9.59 Å². The summed E-state index contributed by atoms with van der Waals surface area (Å²) < 4.78 is 8.84. The van der Waals surface area contributed by atoms with Gasteiger partial charge in [-0.25, -0.2) is 0 Å². The van der Waals surface area contributed by atoms with E-state index < -0.39 is 5.91 Å². The second-order valence-electron chi connectivity index (χ2n) is 5.48. The molecule has 2 N–H and O–H groups in total. The third-order valence-electron chi connectivity index (χ3n) is 3.86. The number of rotatable bonds is 7. The standard InChI is InChI=1S/C17H21N3O3/c1-12-9-15(13(2)20(12)7-8-23-3)16(21)11-19-6-4-5-14(10-19)17(18)22/h4-6,9-10H,7-8,11H2,1-3H3,(H-,18,22)/p+1. The lowest BCUT2D eigenvalue weighted by Crippen LogP contribution is -2.38. The number of nitrogens with zero attached hydrogens (tertiary/aromatic N) is 2. The summed E-state index contributed by atoms with van der Waals surface area (Å²) in [5.41, 5.74) is 8.29. The van der Waals surface area contributed by atoms with Crippen LogP contribution in [-0.2, 0) is 17.8 Å². The molecule has 6 heteroatoms. The number of carbonyl (C=O) groups excluding carboxylic acids is 2. The van der Waals surface area contributed by atoms with E-state index in [1.54, 1.807) is 36.2 Å². The number of aromatic nitrogens is 2. The van der Waals surface area contributed by atoms with E-state index in [0.29, 0.717) is 24.3 Å². The van der Waals surface area contributed by atoms with Crippen LogP contribution in [0.25, 0.3) is 0 Å². The van der Waals surface area contributed by atoms with Crippen LogP contribution in [0.2, 0.25) is 0 Å². The molecule has 1 amide bonds. The Labute approximate surface area is 135 Å². The van der Waals surface area contributed by atoms with Crippen molar-refractivity contribution in [2.24, 2.45) is 5.73 Å². The van der Waals surface area contributed by atoms with Gasteiger partial charge in [-0.05, 0) is 26.0 Å². The third kappa shape index (κ3) is 3.84. The quantitative estimate of drug-likeness (QED) is 0.612. The van der Waals surface area contributed by atoms with E-state index in [2.05, 4.69) is 4.57 Å². The van der Waals surface area contributed by atoms with Gasteiger partial charge >= 0.3 is 0 Å². The Morgan fingerprint density at radius 3 is 2.74 bits per heavy atom. The first-order chi connectivity index (χ1) is 10.9. The highest BCUT2D eigenvalue weighted by atomic mass is 16.5. The summed E-state index contributed by atoms with van der Waals surface area (Å²) in [6.07, 6.45) is 3.33. The maximum atomic E-state index is 12.6. The molecular weight excluding hydrogens is 294 g/mol. The lowest BCUT2D eigenvalue weighted by molar-refractivity contribution is -0.683. The zero-order valence-electron chi connectivity index (χ0n) is 13.7. The average molecular weight is 316 g/mol. The van der Waals surface area contributed by atoms with Crippen LogP contribution in [0.15, 0.2) is 30.6 Å². The largest absolute Gasteiger partial charge is 0.383 e. The number of ketones is 1. The predicted octanol–water partition coefficient (Wildman–Crippen LogP) is 1.02. The van der Waals surface area contributed by atoms with Gasteiger partial charge in [0.1, 0.15) is 5.56 Å². The predicted molar refractivity (Wildman–Crippen MR) is 85.3 cm³/mol. The molecule has 2 rings (SSSR count). The van der Waals surface area contributed by atoms with Gasteiger partial charge in [-0.1, -0.05) is 0 Å². The van der Waals surface area contributed by atoms with Crippen molar-refractivity contribution in [1.29, 1.82) is 0 Å². The minimum atomic E-state index is -0.510. The summed E-state index contributed by atoms with van der Waals surface area (Å²) in [6.45, 7) is 5.38. The number of primary amides is 1. The van der Waals surface area contributed by atoms with Gasteiger partial charge in [0.25, 0.3) is 5.91 Å². The fraction of sp³-hybridized carbons (Fsp3) is 0.353. The molecule has 0 radical (unpaired) electrons. The van der Waals surface area contributed by atoms with Crippen molar-refractivity contribution in [3.05, 3.63) is 53.1 Å². The number of hydrogen-bond acceptors (Lipinski definition) is 3. The summed E-state index contributed by atoms with van der Waals surface area (Å²) in [5.74, 6) is -0.516. The molecule has 122 valence electrons. The van der Waals surface area contributed by atoms with Gasteiger partial charge in [0, 0.05) is 36.7 Å². The maximum absolute atomic E-state index is 12.6. The highest BCUT2D eigenvalue weighted by Gasteiger charge is 2.19. The Morgan fingerprint density at radius 1 is 1.35 bits per heavy atom. The van der Waals surface area contributed by atoms with E-state index in [4.69, 9.17) is 10.5 Å². The number of methoxy groups -OCH3 is 1. The second kappa shape index (κ2) is 7.19. The first-order valence-corrected chi connectivity index (χ1v) is 7.41. The van der Waals surface area contributed by atoms with Crippen LogP contribution in [0.4, 0.5) is 0 Å². The van der Waals surface area contributed by atoms with Crippen molar-refractivity contribution in [3.63, 3.8) is 0 Å². The van der Waals surface area contributed by atoms with Crippen molar-refractivity contribution in [1.82, 2.24) is 4.57 Å². The van der Waals surface area contributed by atoms with E-state index in [1.165, 1.54) is 0 Å². The number of carbonyl (C=O) groups is 2. The summed E-state index contributed by atoms with van der Waals surface area (Å²) in [5, 5.41) is 0. The molecule has 0 unspecified atom stereocenters. The molecule has 0 aliphatic heterocycles. The summed E-state index contributed by atoms with van der Waals surface area (Å²) >= 11 is 0. The summed E-state index contributed by atoms with van der Waals surface area (Å²) in [7, 11) is 1.66. The van der Waals surface area contributed by atoms with Crippen LogP contribution >= 0.6 is 0 Å². The van der Waals surface area contributed by atoms with E-state index in [0.717, 1.165) is 11.4 Å². The number of nitrogens with two attached hydrogens (primary N) is 1. The van der Waals surface area contributed by atoms with Gasteiger partial charge in [0.15, 0.2) is 12.4 Å². The molecule has 2 heterocycles. The average Bonchev–Trinajstić information content (AvgIpc) is 2.80. The fourth-order valence-corrected chi connectivity index (χ4v) is 2.63. The lowest BCUT2D eigenvalue weighted by atomic mass is 10.1. The van der Waals surface area contributed by atoms with E-state index >= 15 is 0 Å². The topological polar surface area (TPSA) is 78.2 Å². The molecule has 0 bridgehead atoms. The van der Waals surface area contributed by atoms with Gasteiger partial charge in [0.2, 0.25) is 12.3 Å². The Hall–Kier alpha value is -2.47. The molecule has 2 aromatic rings. The summed E-state index contributed by atoms with van der Waals surface area (Å²) in [4.78, 5) is 23.8. The molecule has 0 saturated heterocycles. The highest BCUT2D eigenvalue weighted by Crippen LogP contribution is 2.15. The van der Waals surface area contributed by atoms with Crippen molar-refractivity contribution in [2.75, 3.05) is 13.7 Å². The number of hydrogen-bond donors (Lipinski definition) is 1. The van der Waals surface area contributed by atoms with Gasteiger partial charge in [-0.3, -0.25) is 9.59 Å². The van der Waals surface area contributed by atoms with E-state index in [-0.39, 0.29) is 12.3 Å². The number of aryl methyl sites for hydroxylation is 1. The molecule has 0 saturated carbocycles. The maximum Gasteiger partial charge on any atom is 0.254 e. The molecular formula is C17H22N3O3+. The smallest absolute Gasteiger partial charge is 0.254 e. The number of pyridine rings is 1. The van der Waals surface area contributed by atoms with Crippen LogP contribution in [0, 0.1) is 13.8 Å². The molecule has 0 atom stereocenters. The van der Waals surface area contributed by atoms with Crippen molar-refractivity contribution in [2.45, 2.75) is 26.9 Å². The Balaban J connectivity index is 2.21. The first kappa shape index (κ1) is 16.9. The molecule has 0 aliphatic carbocycles. The monoisotopic (exact) mass is 316 g/mol. The highest BCUT2D eigenvalue weighted by molar-refractivity contribution is 5.96. The minimum absolute atomic E-state index is 0.00612. The Kier molecular flexibility index (Phi) is 5.28. The fourth-order valence-electron chi connectivity index (χ4n) is 2.63. The zero-order chi connectivity index (χ0) is 17.0. The minimum Gasteiger partial charge on any atom is -0.383 e. The van der Waals surface area contributed by atoms with Crippen LogP contribution in [0.1, 0.15) is 32.1 Å². The normalized spacial score (nSPS) is 10.7. The Morgan fingerprint density at radius 2 is 2.09 bits per heavy atom. The van der Waals surface area contributed by atoms with Crippen LogP contribution in [-0.4, -0.2) is 30.0 Å². The molecule has 0 fully saturated rings. The molecule has 0 aromatic carbocycles. The van der Waals surface area contributed by atoms with Crippen molar-refractivity contribution in [3.8, 4) is 0 Å². The van der Waals surface area contributed by atoms with Gasteiger partial charge in [-0.15, -0.1) is 0 Å². The van der Waals surface area contributed by atoms with Gasteiger partial charge in [0.05, 0.1) is 6.61 Å². The summed E-state index contributed by atoms with van der Waals surface area (Å²) in [6, 6.07) is 5.22. The third-order valence-corrected chi connectivity index (χ3v) is 3.86. The Bertz CT molecular complexity index is 735. The van der Waals surface area contributed by atoms with Crippen LogP contribution in [0.5, 0.6) is 0 Å². The van der Waals surface area contributed by atoms with Crippen molar-refractivity contribution >= 4 is 11.7 Å². The molecule has 6 nitrogen and oxygen atoms in total. The molecule has 2 aromatic heterocycles. The molecule has 0 aliphatic rings. The van der Waals surface area contributed by atoms with Crippen LogP contribution in [0.3, 0.4) is 0 Å². The lowest BCUT2D eigenvalue weighted by Gasteiger charge is -2.08. The zero-order valence-corrected chi connectivity index (χ0v) is 13.7. The number of amides is 1. The SMILES string of the molecule is COCCn1c(C)cc(C(=O)C[n+]2cccc(C(N)=O)c2)c1C. The van der Waals surface area contributed by atoms with Gasteiger partial charge in [-0.2, -0.15) is 4.57 Å². The number of ether oxygens (including phenoxy) is 1. The molecule has 0 spiro atoms. The van der Waals surface area contributed by atoms with E-state index in [1.807, 2.05) is 19.9 Å².